The molecule has 0 unspecified atom stereocenters. The highest BCUT2D eigenvalue weighted by Crippen LogP contribution is 2.26. The molecule has 2 aromatic rings. The lowest BCUT2D eigenvalue weighted by Gasteiger charge is -2.35. The van der Waals surface area contributed by atoms with E-state index in [1.54, 1.807) is 0 Å². The van der Waals surface area contributed by atoms with Gasteiger partial charge in [-0.3, -0.25) is 14.7 Å². The van der Waals surface area contributed by atoms with Gasteiger partial charge in [-0.2, -0.15) is 0 Å². The Morgan fingerprint density at radius 1 is 1.15 bits per heavy atom. The summed E-state index contributed by atoms with van der Waals surface area (Å²) in [6, 6.07) is 12.3. The first kappa shape index (κ1) is 18.1. The third-order valence-electron chi connectivity index (χ3n) is 5.84. The van der Waals surface area contributed by atoms with E-state index in [0.29, 0.717) is 5.92 Å². The minimum absolute atomic E-state index is 0.186. The maximum absolute atomic E-state index is 13.2. The lowest BCUT2D eigenvalue weighted by Crippen LogP contribution is -2.48. The molecule has 1 aromatic carbocycles. The Hall–Kier alpha value is -2.24. The molecule has 0 aliphatic carbocycles. The molecule has 5 nitrogen and oxygen atoms in total. The molecular formula is C22H28N4O. The van der Waals surface area contributed by atoms with E-state index in [1.165, 1.54) is 11.1 Å². The summed E-state index contributed by atoms with van der Waals surface area (Å²) in [5.41, 5.74) is 4.46. The van der Waals surface area contributed by atoms with Gasteiger partial charge >= 0.3 is 0 Å². The van der Waals surface area contributed by atoms with Crippen molar-refractivity contribution in [1.29, 1.82) is 0 Å². The van der Waals surface area contributed by atoms with Crippen LogP contribution in [0.3, 0.4) is 0 Å². The third kappa shape index (κ3) is 4.04. The maximum atomic E-state index is 13.2. The number of aromatic nitrogens is 1. The second kappa shape index (κ2) is 8.19. The monoisotopic (exact) mass is 364 g/mol. The highest BCUT2D eigenvalue weighted by molar-refractivity contribution is 5.96. The van der Waals surface area contributed by atoms with Crippen molar-refractivity contribution in [3.8, 4) is 0 Å². The summed E-state index contributed by atoms with van der Waals surface area (Å²) in [6.07, 6.45) is 2.97. The van der Waals surface area contributed by atoms with Crippen LogP contribution in [0.15, 0.2) is 42.6 Å². The number of benzene rings is 1. The van der Waals surface area contributed by atoms with E-state index >= 15 is 0 Å². The van der Waals surface area contributed by atoms with Crippen LogP contribution in [0, 0.1) is 6.92 Å². The van der Waals surface area contributed by atoms with Crippen molar-refractivity contribution >= 4 is 5.91 Å². The van der Waals surface area contributed by atoms with E-state index in [0.717, 1.165) is 63.5 Å². The number of nitrogens with zero attached hydrogens (tertiary/aromatic N) is 3. The maximum Gasteiger partial charge on any atom is 0.254 e. The first-order valence-electron chi connectivity index (χ1n) is 9.94. The Morgan fingerprint density at radius 2 is 1.96 bits per heavy atom. The van der Waals surface area contributed by atoms with Crippen LogP contribution in [0.25, 0.3) is 0 Å². The van der Waals surface area contributed by atoms with Gasteiger partial charge in [0.2, 0.25) is 0 Å². The van der Waals surface area contributed by atoms with Crippen molar-refractivity contribution in [3.63, 3.8) is 0 Å². The molecular weight excluding hydrogens is 336 g/mol. The Labute approximate surface area is 161 Å². The second-order valence-electron chi connectivity index (χ2n) is 7.61. The highest BCUT2D eigenvalue weighted by atomic mass is 16.2. The number of aryl methyl sites for hydroxylation is 1. The van der Waals surface area contributed by atoms with Crippen LogP contribution < -0.4 is 5.32 Å². The van der Waals surface area contributed by atoms with Gasteiger partial charge in [0.25, 0.3) is 5.91 Å². The molecule has 1 aromatic heterocycles. The zero-order chi connectivity index (χ0) is 18.6. The van der Waals surface area contributed by atoms with Crippen molar-refractivity contribution in [2.45, 2.75) is 25.8 Å². The Morgan fingerprint density at radius 3 is 2.70 bits per heavy atom. The molecule has 27 heavy (non-hydrogen) atoms. The predicted molar refractivity (Wildman–Crippen MR) is 107 cm³/mol. The Balaban J connectivity index is 1.40. The summed E-state index contributed by atoms with van der Waals surface area (Å²) >= 11 is 0. The standard InChI is InChI=1S/C22H28N4O/c1-17-5-4-9-24-21(17)16-25-11-13-26(14-12-25)22(27)20-7-3-2-6-19(20)18-8-10-23-15-18/h2-7,9,18,23H,8,10-16H2,1H3/t18-/m0/s1. The SMILES string of the molecule is Cc1cccnc1CN1CCN(C(=O)c2ccccc2[C@H]2CCNC2)CC1. The van der Waals surface area contributed by atoms with Crippen molar-refractivity contribution < 1.29 is 4.79 Å². The van der Waals surface area contributed by atoms with Crippen LogP contribution >= 0.6 is 0 Å². The van der Waals surface area contributed by atoms with E-state index < -0.39 is 0 Å². The zero-order valence-electron chi connectivity index (χ0n) is 16.0. The number of rotatable bonds is 4. The van der Waals surface area contributed by atoms with E-state index in [1.807, 2.05) is 29.3 Å². The van der Waals surface area contributed by atoms with E-state index in [4.69, 9.17) is 0 Å². The zero-order valence-corrected chi connectivity index (χ0v) is 16.0. The highest BCUT2D eigenvalue weighted by Gasteiger charge is 2.27. The molecule has 1 amide bonds. The fraction of sp³-hybridized carbons (Fsp3) is 0.455. The molecule has 0 bridgehead atoms. The lowest BCUT2D eigenvalue weighted by atomic mass is 9.93. The summed E-state index contributed by atoms with van der Waals surface area (Å²) in [7, 11) is 0. The molecule has 2 aliphatic rings. The Bertz CT molecular complexity index is 792. The average molecular weight is 364 g/mol. The summed E-state index contributed by atoms with van der Waals surface area (Å²) in [5, 5.41) is 3.41. The minimum Gasteiger partial charge on any atom is -0.336 e. The van der Waals surface area contributed by atoms with Gasteiger partial charge in [-0.05, 0) is 49.1 Å². The van der Waals surface area contributed by atoms with Crippen LogP contribution in [-0.4, -0.2) is 60.0 Å². The molecule has 0 saturated carbocycles. The van der Waals surface area contributed by atoms with Gasteiger partial charge in [-0.15, -0.1) is 0 Å². The summed E-state index contributed by atoms with van der Waals surface area (Å²) in [6.45, 7) is 8.34. The fourth-order valence-corrected chi connectivity index (χ4v) is 4.14. The molecule has 2 aliphatic heterocycles. The normalized spacial score (nSPS) is 20.8. The van der Waals surface area contributed by atoms with Gasteiger partial charge in [0.05, 0.1) is 5.69 Å². The van der Waals surface area contributed by atoms with Crippen molar-refractivity contribution in [3.05, 3.63) is 65.0 Å². The number of nitrogens with one attached hydrogen (secondary N) is 1. The first-order valence-corrected chi connectivity index (χ1v) is 9.94. The number of carbonyl (C=O) groups is 1. The smallest absolute Gasteiger partial charge is 0.254 e. The van der Waals surface area contributed by atoms with Gasteiger partial charge in [-0.1, -0.05) is 24.3 Å². The molecule has 5 heteroatoms. The second-order valence-corrected chi connectivity index (χ2v) is 7.61. The lowest BCUT2D eigenvalue weighted by molar-refractivity contribution is 0.0625. The van der Waals surface area contributed by atoms with Crippen LogP contribution in [0.1, 0.15) is 39.5 Å². The van der Waals surface area contributed by atoms with Crippen LogP contribution in [0.5, 0.6) is 0 Å². The molecule has 3 heterocycles. The van der Waals surface area contributed by atoms with Gasteiger partial charge < -0.3 is 10.2 Å². The van der Waals surface area contributed by atoms with Crippen LogP contribution in [-0.2, 0) is 6.54 Å². The first-order chi connectivity index (χ1) is 13.2. The van der Waals surface area contributed by atoms with Crippen molar-refractivity contribution in [1.82, 2.24) is 20.1 Å². The third-order valence-corrected chi connectivity index (χ3v) is 5.84. The van der Waals surface area contributed by atoms with Gasteiger partial charge in [0, 0.05) is 51.0 Å². The summed E-state index contributed by atoms with van der Waals surface area (Å²) in [5.74, 6) is 0.643. The quantitative estimate of drug-likeness (QED) is 0.905. The number of carbonyl (C=O) groups excluding carboxylic acids is 1. The molecule has 0 radical (unpaired) electrons. The molecule has 1 atom stereocenters. The van der Waals surface area contributed by atoms with Crippen molar-refractivity contribution in [2.75, 3.05) is 39.3 Å². The topological polar surface area (TPSA) is 48.5 Å². The minimum atomic E-state index is 0.186. The predicted octanol–water partition coefficient (Wildman–Crippen LogP) is 2.42. The average Bonchev–Trinajstić information content (AvgIpc) is 3.24. The molecule has 1 N–H and O–H groups in total. The van der Waals surface area contributed by atoms with Crippen LogP contribution in [0.4, 0.5) is 0 Å². The van der Waals surface area contributed by atoms with E-state index in [9.17, 15) is 4.79 Å². The molecule has 142 valence electrons. The fourth-order valence-electron chi connectivity index (χ4n) is 4.14. The summed E-state index contributed by atoms with van der Waals surface area (Å²) in [4.78, 5) is 22.1. The molecule has 2 fully saturated rings. The largest absolute Gasteiger partial charge is 0.336 e. The van der Waals surface area contributed by atoms with Crippen molar-refractivity contribution in [2.24, 2.45) is 0 Å². The number of hydrogen-bond donors (Lipinski definition) is 1. The van der Waals surface area contributed by atoms with Gasteiger partial charge in [0.15, 0.2) is 0 Å². The van der Waals surface area contributed by atoms with Gasteiger partial charge in [0.1, 0.15) is 0 Å². The Kier molecular flexibility index (Phi) is 5.50. The number of piperazine rings is 1. The number of hydrogen-bond acceptors (Lipinski definition) is 4. The van der Waals surface area contributed by atoms with Crippen LogP contribution in [0.2, 0.25) is 0 Å². The van der Waals surface area contributed by atoms with Gasteiger partial charge in [-0.25, -0.2) is 0 Å². The molecule has 0 spiro atoms. The van der Waals surface area contributed by atoms with E-state index in [-0.39, 0.29) is 5.91 Å². The number of pyridine rings is 1. The summed E-state index contributed by atoms with van der Waals surface area (Å²) < 4.78 is 0. The number of amides is 1. The molecule has 2 saturated heterocycles. The molecule has 4 rings (SSSR count). The van der Waals surface area contributed by atoms with E-state index in [2.05, 4.69) is 40.3 Å².